The van der Waals surface area contributed by atoms with Crippen LogP contribution in [0, 0.1) is 12.3 Å². The first kappa shape index (κ1) is 12.9. The minimum Gasteiger partial charge on any atom is -0.385 e. The lowest BCUT2D eigenvalue weighted by Gasteiger charge is -2.40. The number of aryl methyl sites for hydroxylation is 1. The molecular formula is C15H21ClO. The van der Waals surface area contributed by atoms with Crippen molar-refractivity contribution in [1.29, 1.82) is 0 Å². The van der Waals surface area contributed by atoms with Crippen LogP contribution in [0.15, 0.2) is 18.2 Å². The van der Waals surface area contributed by atoms with Gasteiger partial charge in [0.15, 0.2) is 0 Å². The maximum absolute atomic E-state index is 10.7. The SMILES string of the molecule is Cc1ccc(C2(O)CCC(C)(C)CC2)cc1Cl. The summed E-state index contributed by atoms with van der Waals surface area (Å²) in [4.78, 5) is 0. The highest BCUT2D eigenvalue weighted by Gasteiger charge is 2.37. The molecule has 0 bridgehead atoms. The lowest BCUT2D eigenvalue weighted by molar-refractivity contribution is -0.0305. The number of halogens is 1. The fourth-order valence-electron chi connectivity index (χ4n) is 2.51. The van der Waals surface area contributed by atoms with Crippen LogP contribution in [0.4, 0.5) is 0 Å². The van der Waals surface area contributed by atoms with Crippen molar-refractivity contribution in [3.05, 3.63) is 34.3 Å². The van der Waals surface area contributed by atoms with Crippen LogP contribution < -0.4 is 0 Å². The van der Waals surface area contributed by atoms with Gasteiger partial charge in [0.25, 0.3) is 0 Å². The molecule has 1 aliphatic rings. The second kappa shape index (κ2) is 4.29. The summed E-state index contributed by atoms with van der Waals surface area (Å²) in [6, 6.07) is 5.93. The molecular weight excluding hydrogens is 232 g/mol. The van der Waals surface area contributed by atoms with E-state index in [9.17, 15) is 5.11 Å². The van der Waals surface area contributed by atoms with E-state index >= 15 is 0 Å². The Morgan fingerprint density at radius 3 is 2.24 bits per heavy atom. The molecule has 0 saturated heterocycles. The van der Waals surface area contributed by atoms with E-state index in [2.05, 4.69) is 13.8 Å². The molecule has 1 saturated carbocycles. The lowest BCUT2D eigenvalue weighted by Crippen LogP contribution is -2.34. The van der Waals surface area contributed by atoms with Crippen LogP contribution in [0.25, 0.3) is 0 Å². The number of rotatable bonds is 1. The molecule has 0 atom stereocenters. The molecule has 0 radical (unpaired) electrons. The maximum Gasteiger partial charge on any atom is 0.0897 e. The first-order chi connectivity index (χ1) is 7.82. The van der Waals surface area contributed by atoms with Crippen LogP contribution in [-0.2, 0) is 5.60 Å². The summed E-state index contributed by atoms with van der Waals surface area (Å²) in [6.45, 7) is 6.53. The molecule has 0 aliphatic heterocycles. The third-order valence-corrected chi connectivity index (χ3v) is 4.55. The first-order valence-corrected chi connectivity index (χ1v) is 6.69. The molecule has 2 heteroatoms. The summed E-state index contributed by atoms with van der Waals surface area (Å²) in [6.07, 6.45) is 3.79. The highest BCUT2D eigenvalue weighted by atomic mass is 35.5. The Bertz CT molecular complexity index is 413. The van der Waals surface area contributed by atoms with Crippen LogP contribution in [0.2, 0.25) is 5.02 Å². The van der Waals surface area contributed by atoms with E-state index in [1.807, 2.05) is 25.1 Å². The minimum absolute atomic E-state index is 0.362. The van der Waals surface area contributed by atoms with Crippen molar-refractivity contribution in [2.24, 2.45) is 5.41 Å². The fraction of sp³-hybridized carbons (Fsp3) is 0.600. The van der Waals surface area contributed by atoms with E-state index < -0.39 is 5.60 Å². The van der Waals surface area contributed by atoms with Gasteiger partial charge in [-0.05, 0) is 55.2 Å². The van der Waals surface area contributed by atoms with E-state index in [1.165, 1.54) is 0 Å². The van der Waals surface area contributed by atoms with Gasteiger partial charge in [-0.2, -0.15) is 0 Å². The monoisotopic (exact) mass is 252 g/mol. The van der Waals surface area contributed by atoms with Crippen LogP contribution in [0.1, 0.15) is 50.7 Å². The Balaban J connectivity index is 2.24. The summed E-state index contributed by atoms with van der Waals surface area (Å²) in [7, 11) is 0. The average Bonchev–Trinajstić information content (AvgIpc) is 2.27. The molecule has 0 spiro atoms. The molecule has 1 fully saturated rings. The quantitative estimate of drug-likeness (QED) is 0.784. The topological polar surface area (TPSA) is 20.2 Å². The van der Waals surface area contributed by atoms with E-state index in [0.29, 0.717) is 5.41 Å². The molecule has 2 rings (SSSR count). The Morgan fingerprint density at radius 2 is 1.71 bits per heavy atom. The average molecular weight is 253 g/mol. The molecule has 0 unspecified atom stereocenters. The van der Waals surface area contributed by atoms with Gasteiger partial charge < -0.3 is 5.11 Å². The second-order valence-electron chi connectivity index (χ2n) is 6.16. The minimum atomic E-state index is -0.674. The number of benzene rings is 1. The maximum atomic E-state index is 10.7. The molecule has 1 N–H and O–H groups in total. The number of hydrogen-bond acceptors (Lipinski definition) is 1. The van der Waals surface area contributed by atoms with E-state index in [-0.39, 0.29) is 0 Å². The van der Waals surface area contributed by atoms with Crippen LogP contribution in [0.5, 0.6) is 0 Å². The van der Waals surface area contributed by atoms with E-state index in [1.54, 1.807) is 0 Å². The van der Waals surface area contributed by atoms with Gasteiger partial charge in [-0.25, -0.2) is 0 Å². The summed E-state index contributed by atoms with van der Waals surface area (Å²) in [5.41, 5.74) is 1.73. The highest BCUT2D eigenvalue weighted by Crippen LogP contribution is 2.45. The van der Waals surface area contributed by atoms with Gasteiger partial charge in [0.2, 0.25) is 0 Å². The van der Waals surface area contributed by atoms with E-state index in [4.69, 9.17) is 11.6 Å². The van der Waals surface area contributed by atoms with Crippen LogP contribution in [0.3, 0.4) is 0 Å². The van der Waals surface area contributed by atoms with Gasteiger partial charge in [-0.15, -0.1) is 0 Å². The summed E-state index contributed by atoms with van der Waals surface area (Å²) in [5, 5.41) is 11.5. The molecule has 94 valence electrons. The van der Waals surface area contributed by atoms with Crippen molar-refractivity contribution in [2.45, 2.75) is 52.1 Å². The van der Waals surface area contributed by atoms with Crippen LogP contribution in [-0.4, -0.2) is 5.11 Å². The van der Waals surface area contributed by atoms with Gasteiger partial charge >= 0.3 is 0 Å². The Hall–Kier alpha value is -0.530. The van der Waals surface area contributed by atoms with Crippen molar-refractivity contribution in [2.75, 3.05) is 0 Å². The smallest absolute Gasteiger partial charge is 0.0897 e. The Labute approximate surface area is 109 Å². The zero-order valence-electron chi connectivity index (χ0n) is 10.9. The number of hydrogen-bond donors (Lipinski definition) is 1. The summed E-state index contributed by atoms with van der Waals surface area (Å²) in [5.74, 6) is 0. The lowest BCUT2D eigenvalue weighted by atomic mass is 9.69. The van der Waals surface area contributed by atoms with Gasteiger partial charge in [-0.3, -0.25) is 0 Å². The number of aliphatic hydroxyl groups is 1. The van der Waals surface area contributed by atoms with Crippen molar-refractivity contribution in [3.63, 3.8) is 0 Å². The molecule has 1 nitrogen and oxygen atoms in total. The third-order valence-electron chi connectivity index (χ3n) is 4.14. The Kier molecular flexibility index (Phi) is 3.26. The van der Waals surface area contributed by atoms with Crippen molar-refractivity contribution >= 4 is 11.6 Å². The van der Waals surface area contributed by atoms with Gasteiger partial charge in [0.1, 0.15) is 0 Å². The Morgan fingerprint density at radius 1 is 1.12 bits per heavy atom. The van der Waals surface area contributed by atoms with Crippen molar-refractivity contribution < 1.29 is 5.11 Å². The van der Waals surface area contributed by atoms with Crippen molar-refractivity contribution in [3.8, 4) is 0 Å². The third kappa shape index (κ3) is 2.66. The summed E-state index contributed by atoms with van der Waals surface area (Å²) >= 11 is 6.14. The summed E-state index contributed by atoms with van der Waals surface area (Å²) < 4.78 is 0. The fourth-order valence-corrected chi connectivity index (χ4v) is 2.69. The predicted octanol–water partition coefficient (Wildman–Crippen LogP) is 4.44. The molecule has 0 aromatic heterocycles. The molecule has 0 amide bonds. The zero-order valence-corrected chi connectivity index (χ0v) is 11.6. The largest absolute Gasteiger partial charge is 0.385 e. The molecule has 1 aromatic rings. The van der Waals surface area contributed by atoms with Gasteiger partial charge in [-0.1, -0.05) is 37.6 Å². The first-order valence-electron chi connectivity index (χ1n) is 6.31. The molecule has 0 heterocycles. The van der Waals surface area contributed by atoms with Crippen LogP contribution >= 0.6 is 11.6 Å². The van der Waals surface area contributed by atoms with Gasteiger partial charge in [0.05, 0.1) is 5.60 Å². The second-order valence-corrected chi connectivity index (χ2v) is 6.57. The zero-order chi connectivity index (χ0) is 12.7. The highest BCUT2D eigenvalue weighted by molar-refractivity contribution is 6.31. The molecule has 1 aromatic carbocycles. The molecule has 17 heavy (non-hydrogen) atoms. The van der Waals surface area contributed by atoms with E-state index in [0.717, 1.165) is 41.8 Å². The predicted molar refractivity (Wildman–Crippen MR) is 72.3 cm³/mol. The van der Waals surface area contributed by atoms with Gasteiger partial charge in [0, 0.05) is 5.02 Å². The molecule has 1 aliphatic carbocycles. The standard InChI is InChI=1S/C15H21ClO/c1-11-4-5-12(10-13(11)16)15(17)8-6-14(2,3)7-9-15/h4-5,10,17H,6-9H2,1-3H3. The van der Waals surface area contributed by atoms with Crippen molar-refractivity contribution in [1.82, 2.24) is 0 Å². The normalized spacial score (nSPS) is 22.4.